The fourth-order valence-electron chi connectivity index (χ4n) is 3.46. The lowest BCUT2D eigenvalue weighted by molar-refractivity contribution is 0.0954. The number of carbonyl (C=O) groups excluding carboxylic acids is 1. The number of piperidine rings is 1. The third-order valence-corrected chi connectivity index (χ3v) is 6.64. The first-order valence-corrected chi connectivity index (χ1v) is 11.0. The third kappa shape index (κ3) is 4.47. The van der Waals surface area contributed by atoms with Crippen LogP contribution in [0.1, 0.15) is 35.7 Å². The van der Waals surface area contributed by atoms with Gasteiger partial charge in [0.25, 0.3) is 5.91 Å². The van der Waals surface area contributed by atoms with E-state index in [0.717, 1.165) is 51.4 Å². The molecule has 1 aromatic heterocycles. The molecule has 0 saturated carbocycles. The van der Waals surface area contributed by atoms with Crippen LogP contribution in [0.2, 0.25) is 5.02 Å². The molecule has 1 N–H and O–H groups in total. The molecule has 3 aromatic rings. The van der Waals surface area contributed by atoms with Crippen LogP contribution >= 0.6 is 22.9 Å². The van der Waals surface area contributed by atoms with Crippen LogP contribution in [0.4, 0.5) is 5.13 Å². The average Bonchev–Trinajstić information content (AvgIpc) is 3.13. The van der Waals surface area contributed by atoms with Crippen molar-refractivity contribution in [1.29, 1.82) is 0 Å². The maximum atomic E-state index is 12.5. The summed E-state index contributed by atoms with van der Waals surface area (Å²) >= 11 is 7.59. The van der Waals surface area contributed by atoms with Crippen LogP contribution < -0.4 is 10.2 Å². The van der Waals surface area contributed by atoms with Gasteiger partial charge in [-0.3, -0.25) is 4.79 Å². The molecule has 2 heterocycles. The number of benzene rings is 2. The normalized spacial score (nSPS) is 15.1. The Labute approximate surface area is 174 Å². The van der Waals surface area contributed by atoms with Crippen molar-refractivity contribution >= 4 is 44.2 Å². The highest BCUT2D eigenvalue weighted by atomic mass is 35.5. The molecule has 4 nitrogen and oxygen atoms in total. The lowest BCUT2D eigenvalue weighted by atomic mass is 10.00. The molecule has 28 heavy (non-hydrogen) atoms. The Morgan fingerprint density at radius 3 is 2.71 bits per heavy atom. The summed E-state index contributed by atoms with van der Waals surface area (Å²) in [6, 6.07) is 13.5. The van der Waals surface area contributed by atoms with E-state index in [-0.39, 0.29) is 5.91 Å². The number of carbonyl (C=O) groups is 1. The molecule has 0 spiro atoms. The van der Waals surface area contributed by atoms with E-state index < -0.39 is 0 Å². The minimum absolute atomic E-state index is 0.0439. The van der Waals surface area contributed by atoms with Gasteiger partial charge in [0, 0.05) is 30.2 Å². The minimum atomic E-state index is -0.0439. The highest BCUT2D eigenvalue weighted by Gasteiger charge is 2.19. The zero-order valence-corrected chi connectivity index (χ0v) is 17.5. The van der Waals surface area contributed by atoms with Gasteiger partial charge < -0.3 is 10.2 Å². The molecule has 146 valence electrons. The van der Waals surface area contributed by atoms with Gasteiger partial charge in [0.1, 0.15) is 0 Å². The molecule has 6 heteroatoms. The van der Waals surface area contributed by atoms with Gasteiger partial charge in [-0.1, -0.05) is 42.0 Å². The summed E-state index contributed by atoms with van der Waals surface area (Å²) in [5, 5.41) is 4.80. The molecule has 0 aliphatic carbocycles. The molecular weight excluding hydrogens is 390 g/mol. The molecule has 1 amide bonds. The Kier molecular flexibility index (Phi) is 5.83. The second-order valence-corrected chi connectivity index (χ2v) is 8.93. The van der Waals surface area contributed by atoms with Gasteiger partial charge in [-0.15, -0.1) is 0 Å². The Morgan fingerprint density at radius 1 is 1.21 bits per heavy atom. The Balaban J connectivity index is 1.39. The van der Waals surface area contributed by atoms with Crippen molar-refractivity contribution < 1.29 is 4.79 Å². The second-order valence-electron chi connectivity index (χ2n) is 7.48. The van der Waals surface area contributed by atoms with Crippen molar-refractivity contribution in [3.05, 3.63) is 58.6 Å². The van der Waals surface area contributed by atoms with Crippen molar-refractivity contribution in [3.63, 3.8) is 0 Å². The number of hydrogen-bond acceptors (Lipinski definition) is 4. The molecule has 1 aliphatic heterocycles. The van der Waals surface area contributed by atoms with Crippen LogP contribution in [0, 0.1) is 5.92 Å². The van der Waals surface area contributed by atoms with Crippen LogP contribution in [-0.4, -0.2) is 30.5 Å². The Morgan fingerprint density at radius 2 is 1.96 bits per heavy atom. The van der Waals surface area contributed by atoms with Gasteiger partial charge in [0.2, 0.25) is 0 Å². The summed E-state index contributed by atoms with van der Waals surface area (Å²) in [5.41, 5.74) is 2.81. The summed E-state index contributed by atoms with van der Waals surface area (Å²) in [4.78, 5) is 19.7. The fourth-order valence-corrected chi connectivity index (χ4v) is 4.64. The van der Waals surface area contributed by atoms with Crippen LogP contribution in [0.5, 0.6) is 0 Å². The first-order valence-electron chi connectivity index (χ1n) is 9.76. The van der Waals surface area contributed by atoms with Crippen molar-refractivity contribution in [2.75, 3.05) is 24.5 Å². The number of nitrogens with zero attached hydrogens (tertiary/aromatic N) is 2. The van der Waals surface area contributed by atoms with Gasteiger partial charge >= 0.3 is 0 Å². The molecule has 1 fully saturated rings. The summed E-state index contributed by atoms with van der Waals surface area (Å²) in [6.45, 7) is 5.05. The molecule has 1 saturated heterocycles. The van der Waals surface area contributed by atoms with Crippen molar-refractivity contribution in [1.82, 2.24) is 10.3 Å². The van der Waals surface area contributed by atoms with Crippen molar-refractivity contribution in [3.8, 4) is 0 Å². The van der Waals surface area contributed by atoms with Gasteiger partial charge in [0.15, 0.2) is 5.13 Å². The number of aromatic nitrogens is 1. The summed E-state index contributed by atoms with van der Waals surface area (Å²) in [6.07, 6.45) is 3.22. The van der Waals surface area contributed by atoms with Gasteiger partial charge in [-0.2, -0.15) is 0 Å². The van der Waals surface area contributed by atoms with Gasteiger partial charge in [0.05, 0.1) is 10.2 Å². The maximum Gasteiger partial charge on any atom is 0.251 e. The number of rotatable bonds is 5. The molecule has 0 unspecified atom stereocenters. The van der Waals surface area contributed by atoms with Crippen LogP contribution in [0.15, 0.2) is 42.5 Å². The molecule has 0 atom stereocenters. The van der Waals surface area contributed by atoms with Crippen LogP contribution in [0.25, 0.3) is 10.2 Å². The van der Waals surface area contributed by atoms with E-state index >= 15 is 0 Å². The number of halogens is 1. The van der Waals surface area contributed by atoms with E-state index in [1.165, 1.54) is 12.8 Å². The predicted molar refractivity (Wildman–Crippen MR) is 118 cm³/mol. The van der Waals surface area contributed by atoms with Crippen molar-refractivity contribution in [2.24, 2.45) is 5.92 Å². The topological polar surface area (TPSA) is 45.2 Å². The summed E-state index contributed by atoms with van der Waals surface area (Å²) in [5.74, 6) is 0.756. The first kappa shape index (κ1) is 19.2. The zero-order chi connectivity index (χ0) is 19.5. The van der Waals surface area contributed by atoms with Crippen LogP contribution in [0.3, 0.4) is 0 Å². The first-order chi connectivity index (χ1) is 13.6. The van der Waals surface area contributed by atoms with E-state index in [1.807, 2.05) is 42.5 Å². The number of thiazole rings is 1. The van der Waals surface area contributed by atoms with E-state index in [9.17, 15) is 4.79 Å². The van der Waals surface area contributed by atoms with E-state index in [0.29, 0.717) is 12.1 Å². The number of hydrogen-bond donors (Lipinski definition) is 1. The second kappa shape index (κ2) is 8.50. The fraction of sp³-hybridized carbons (Fsp3) is 0.364. The minimum Gasteiger partial charge on any atom is -0.352 e. The van der Waals surface area contributed by atoms with E-state index in [4.69, 9.17) is 16.6 Å². The van der Waals surface area contributed by atoms with Gasteiger partial charge in [-0.05, 0) is 61.1 Å². The lowest BCUT2D eigenvalue weighted by Gasteiger charge is -2.29. The van der Waals surface area contributed by atoms with Gasteiger partial charge in [-0.25, -0.2) is 4.98 Å². The largest absolute Gasteiger partial charge is 0.352 e. The molecule has 0 radical (unpaired) electrons. The van der Waals surface area contributed by atoms with Crippen LogP contribution in [-0.2, 0) is 6.42 Å². The number of nitrogens with one attached hydrogen (secondary N) is 1. The Hall–Kier alpha value is -2.11. The smallest absolute Gasteiger partial charge is 0.251 e. The highest BCUT2D eigenvalue weighted by Crippen LogP contribution is 2.32. The predicted octanol–water partition coefficient (Wildman–Crippen LogP) is 5.16. The number of fused-ring (bicyclic) bond motifs is 1. The molecular formula is C22H24ClN3OS. The lowest BCUT2D eigenvalue weighted by Crippen LogP contribution is -2.32. The standard InChI is InChI=1S/C22H24ClN3OS/c1-15-9-12-26(13-10-15)22-25-19-7-4-17(14-20(19)28-22)21(27)24-11-8-16-2-5-18(23)6-3-16/h2-7,14-15H,8-13H2,1H3,(H,24,27). The highest BCUT2D eigenvalue weighted by molar-refractivity contribution is 7.22. The molecule has 1 aliphatic rings. The average molecular weight is 414 g/mol. The Bertz CT molecular complexity index is 962. The van der Waals surface area contributed by atoms with Crippen molar-refractivity contribution in [2.45, 2.75) is 26.2 Å². The summed E-state index contributed by atoms with van der Waals surface area (Å²) < 4.78 is 1.07. The molecule has 0 bridgehead atoms. The molecule has 4 rings (SSSR count). The van der Waals surface area contributed by atoms with E-state index in [2.05, 4.69) is 17.1 Å². The third-order valence-electron chi connectivity index (χ3n) is 5.31. The number of anilines is 1. The molecule has 2 aromatic carbocycles. The quantitative estimate of drug-likeness (QED) is 0.628. The van der Waals surface area contributed by atoms with E-state index in [1.54, 1.807) is 11.3 Å². The summed E-state index contributed by atoms with van der Waals surface area (Å²) in [7, 11) is 0. The monoisotopic (exact) mass is 413 g/mol. The maximum absolute atomic E-state index is 12.5. The SMILES string of the molecule is CC1CCN(c2nc3ccc(C(=O)NCCc4ccc(Cl)cc4)cc3s2)CC1. The zero-order valence-electron chi connectivity index (χ0n) is 16.0. The number of amides is 1.